The largest absolute Gasteiger partial charge is 0.494 e. The molecule has 3 aromatic rings. The fourth-order valence-corrected chi connectivity index (χ4v) is 6.39. The van der Waals surface area contributed by atoms with Gasteiger partial charge in [0.25, 0.3) is 0 Å². The predicted octanol–water partition coefficient (Wildman–Crippen LogP) is 4.76. The van der Waals surface area contributed by atoms with E-state index in [0.29, 0.717) is 12.3 Å². The van der Waals surface area contributed by atoms with Crippen molar-refractivity contribution in [1.82, 2.24) is 0 Å². The molecule has 1 N–H and O–H groups in total. The van der Waals surface area contributed by atoms with E-state index < -0.39 is 9.84 Å². The summed E-state index contributed by atoms with van der Waals surface area (Å²) in [4.78, 5) is 13.7. The van der Waals surface area contributed by atoms with E-state index in [4.69, 9.17) is 4.74 Å². The van der Waals surface area contributed by atoms with E-state index in [1.165, 1.54) is 11.3 Å². The maximum Gasteiger partial charge on any atom is 0.225 e. The lowest BCUT2D eigenvalue weighted by Crippen LogP contribution is -2.23. The van der Waals surface area contributed by atoms with Gasteiger partial charge in [0, 0.05) is 22.6 Å². The minimum absolute atomic E-state index is 0.158. The number of hydrogen-bond donors (Lipinski definition) is 1. The molecule has 0 saturated carbocycles. The van der Waals surface area contributed by atoms with Gasteiger partial charge >= 0.3 is 0 Å². The predicted molar refractivity (Wildman–Crippen MR) is 114 cm³/mol. The molecule has 5 nitrogen and oxygen atoms in total. The third kappa shape index (κ3) is 3.68. The summed E-state index contributed by atoms with van der Waals surface area (Å²) in [6.45, 7) is 4.41. The first-order valence-corrected chi connectivity index (χ1v) is 11.7. The third-order valence-electron chi connectivity index (χ3n) is 4.97. The van der Waals surface area contributed by atoms with Gasteiger partial charge in [0.15, 0.2) is 0 Å². The Kier molecular flexibility index (Phi) is 5.19. The Morgan fingerprint density at radius 1 is 1.10 bits per heavy atom. The molecule has 1 atom stereocenters. The van der Waals surface area contributed by atoms with E-state index >= 15 is 0 Å². The minimum atomic E-state index is -3.72. The lowest BCUT2D eigenvalue weighted by atomic mass is 9.90. The number of anilines is 1. The highest BCUT2D eigenvalue weighted by Crippen LogP contribution is 2.46. The van der Waals surface area contributed by atoms with E-state index in [9.17, 15) is 13.2 Å². The number of thiophene rings is 1. The van der Waals surface area contributed by atoms with Gasteiger partial charge in [-0.05, 0) is 43.7 Å². The summed E-state index contributed by atoms with van der Waals surface area (Å²) in [5, 5.41) is 4.43. The molecule has 29 heavy (non-hydrogen) atoms. The van der Waals surface area contributed by atoms with Crippen LogP contribution in [0.25, 0.3) is 0 Å². The van der Waals surface area contributed by atoms with E-state index in [0.717, 1.165) is 21.8 Å². The lowest BCUT2D eigenvalue weighted by molar-refractivity contribution is -0.116. The zero-order valence-electron chi connectivity index (χ0n) is 16.1. The maximum atomic E-state index is 13.2. The number of fused-ring (bicyclic) bond motifs is 1. The minimum Gasteiger partial charge on any atom is -0.494 e. The lowest BCUT2D eigenvalue weighted by Gasteiger charge is -2.24. The number of amides is 1. The van der Waals surface area contributed by atoms with Gasteiger partial charge in [0.05, 0.1) is 17.2 Å². The van der Waals surface area contributed by atoms with Crippen LogP contribution in [0.3, 0.4) is 0 Å². The molecule has 0 radical (unpaired) electrons. The topological polar surface area (TPSA) is 72.5 Å². The van der Waals surface area contributed by atoms with Crippen LogP contribution in [0.15, 0.2) is 63.7 Å². The molecular formula is C22H21NO4S2. The van der Waals surface area contributed by atoms with Crippen molar-refractivity contribution >= 4 is 32.8 Å². The summed E-state index contributed by atoms with van der Waals surface area (Å²) >= 11 is 1.37. The Morgan fingerprint density at radius 3 is 2.45 bits per heavy atom. The normalized spacial score (nSPS) is 16.2. The highest BCUT2D eigenvalue weighted by molar-refractivity contribution is 7.91. The Bertz CT molecular complexity index is 1150. The van der Waals surface area contributed by atoms with Crippen LogP contribution >= 0.6 is 11.3 Å². The number of hydrogen-bond acceptors (Lipinski definition) is 5. The van der Waals surface area contributed by atoms with Crippen LogP contribution in [0.5, 0.6) is 5.75 Å². The Hall–Kier alpha value is -2.64. The average molecular weight is 428 g/mol. The van der Waals surface area contributed by atoms with Crippen molar-refractivity contribution in [2.24, 2.45) is 0 Å². The number of carbonyl (C=O) groups excluding carboxylic acids is 1. The van der Waals surface area contributed by atoms with Crippen LogP contribution in [-0.4, -0.2) is 20.9 Å². The first kappa shape index (κ1) is 19.7. The number of benzene rings is 2. The van der Waals surface area contributed by atoms with Crippen molar-refractivity contribution < 1.29 is 17.9 Å². The van der Waals surface area contributed by atoms with Gasteiger partial charge in [0.1, 0.15) is 10.6 Å². The second kappa shape index (κ2) is 7.65. The number of nitrogens with one attached hydrogen (secondary N) is 1. The van der Waals surface area contributed by atoms with Gasteiger partial charge < -0.3 is 10.1 Å². The summed E-state index contributed by atoms with van der Waals surface area (Å²) in [6, 6.07) is 14.4. The molecular weight excluding hydrogens is 406 g/mol. The summed E-state index contributed by atoms with van der Waals surface area (Å²) in [5.41, 5.74) is 2.36. The zero-order valence-corrected chi connectivity index (χ0v) is 17.8. The SMILES string of the molecule is CCOc1ccc([C@@H]2CC(=O)Nc3c(S(=O)(=O)c4ccc(C)cc4)csc32)cc1. The van der Waals surface area contributed by atoms with Gasteiger partial charge in [-0.15, -0.1) is 11.3 Å². The number of sulfone groups is 1. The molecule has 1 aliphatic rings. The van der Waals surface area contributed by atoms with Gasteiger partial charge in [-0.25, -0.2) is 8.42 Å². The average Bonchev–Trinajstić information content (AvgIpc) is 3.13. The quantitative estimate of drug-likeness (QED) is 0.637. The summed E-state index contributed by atoms with van der Waals surface area (Å²) in [6.07, 6.45) is 0.283. The van der Waals surface area contributed by atoms with Crippen molar-refractivity contribution in [3.05, 3.63) is 69.9 Å². The van der Waals surface area contributed by atoms with Crippen molar-refractivity contribution in [1.29, 1.82) is 0 Å². The highest BCUT2D eigenvalue weighted by atomic mass is 32.2. The number of aryl methyl sites for hydroxylation is 1. The molecule has 4 rings (SSSR count). The van der Waals surface area contributed by atoms with E-state index in [-0.39, 0.29) is 28.0 Å². The van der Waals surface area contributed by atoms with Gasteiger partial charge in [-0.2, -0.15) is 0 Å². The Balaban J connectivity index is 1.75. The second-order valence-corrected chi connectivity index (χ2v) is 9.79. The molecule has 150 valence electrons. The Morgan fingerprint density at radius 2 is 1.79 bits per heavy atom. The summed E-state index contributed by atoms with van der Waals surface area (Å²) in [7, 11) is -3.72. The van der Waals surface area contributed by atoms with Crippen molar-refractivity contribution in [3.8, 4) is 5.75 Å². The van der Waals surface area contributed by atoms with Gasteiger partial charge in [-0.1, -0.05) is 29.8 Å². The molecule has 1 aromatic heterocycles. The number of carbonyl (C=O) groups is 1. The molecule has 2 heterocycles. The van der Waals surface area contributed by atoms with Crippen LogP contribution in [-0.2, 0) is 14.6 Å². The van der Waals surface area contributed by atoms with Crippen LogP contribution < -0.4 is 10.1 Å². The van der Waals surface area contributed by atoms with E-state index in [1.807, 2.05) is 38.1 Å². The molecule has 0 aliphatic carbocycles. The second-order valence-electron chi connectivity index (χ2n) is 6.96. The molecule has 7 heteroatoms. The number of rotatable bonds is 5. The zero-order chi connectivity index (χ0) is 20.6. The molecule has 0 spiro atoms. The molecule has 1 amide bonds. The monoisotopic (exact) mass is 427 g/mol. The molecule has 1 aliphatic heterocycles. The smallest absolute Gasteiger partial charge is 0.225 e. The molecule has 0 fully saturated rings. The molecule has 0 unspecified atom stereocenters. The van der Waals surface area contributed by atoms with Crippen LogP contribution in [0.2, 0.25) is 0 Å². The first-order valence-electron chi connectivity index (χ1n) is 9.36. The van der Waals surface area contributed by atoms with E-state index in [2.05, 4.69) is 5.32 Å². The Labute approximate surface area is 174 Å². The third-order valence-corrected chi connectivity index (χ3v) is 8.01. The highest BCUT2D eigenvalue weighted by Gasteiger charge is 2.34. The summed E-state index contributed by atoms with van der Waals surface area (Å²) in [5.74, 6) is 0.405. The van der Waals surface area contributed by atoms with Gasteiger partial charge in [0.2, 0.25) is 15.7 Å². The van der Waals surface area contributed by atoms with Crippen molar-refractivity contribution in [2.45, 2.75) is 36.0 Å². The molecule has 0 saturated heterocycles. The number of ether oxygens (including phenoxy) is 1. The molecule has 2 aromatic carbocycles. The van der Waals surface area contributed by atoms with E-state index in [1.54, 1.807) is 29.6 Å². The first-order chi connectivity index (χ1) is 13.9. The van der Waals surface area contributed by atoms with Crippen molar-refractivity contribution in [2.75, 3.05) is 11.9 Å². The van der Waals surface area contributed by atoms with Crippen LogP contribution in [0.4, 0.5) is 5.69 Å². The standard InChI is InChI=1S/C22H21NO4S2/c1-3-27-16-8-6-15(7-9-16)18-12-20(24)23-21-19(13-28-22(18)21)29(25,26)17-10-4-14(2)5-11-17/h4-11,13,18H,3,12H2,1-2H3,(H,23,24)/t18-/m0/s1. The fraction of sp³-hybridized carbons (Fsp3) is 0.227. The van der Waals surface area contributed by atoms with Crippen LogP contribution in [0.1, 0.15) is 35.3 Å². The molecule has 0 bridgehead atoms. The summed E-state index contributed by atoms with van der Waals surface area (Å²) < 4.78 is 31.9. The van der Waals surface area contributed by atoms with Gasteiger partial charge in [-0.3, -0.25) is 4.79 Å². The van der Waals surface area contributed by atoms with Crippen LogP contribution in [0, 0.1) is 6.92 Å². The van der Waals surface area contributed by atoms with Crippen molar-refractivity contribution in [3.63, 3.8) is 0 Å². The maximum absolute atomic E-state index is 13.2. The fourth-order valence-electron chi connectivity index (χ4n) is 3.48.